The van der Waals surface area contributed by atoms with Crippen LogP contribution in [-0.4, -0.2) is 19.9 Å². The highest BCUT2D eigenvalue weighted by Crippen LogP contribution is 2.32. The van der Waals surface area contributed by atoms with Gasteiger partial charge in [0.25, 0.3) is 0 Å². The lowest BCUT2D eigenvalue weighted by Crippen LogP contribution is -2.51. The molecule has 6 nitrogen and oxygen atoms in total. The van der Waals surface area contributed by atoms with Crippen LogP contribution in [0.15, 0.2) is 23.1 Å². The lowest BCUT2D eigenvalue weighted by atomic mass is 9.74. The van der Waals surface area contributed by atoms with Crippen LogP contribution in [0.2, 0.25) is 0 Å². The average molecular weight is 339 g/mol. The number of primary sulfonamides is 1. The third-order valence-electron chi connectivity index (χ3n) is 4.59. The zero-order chi connectivity index (χ0) is 17.3. The Hall–Kier alpha value is -1.44. The molecule has 2 unspecified atom stereocenters. The summed E-state index contributed by atoms with van der Waals surface area (Å²) in [5.41, 5.74) is 6.77. The molecule has 0 aliphatic heterocycles. The Morgan fingerprint density at radius 2 is 2.09 bits per heavy atom. The molecule has 2 rings (SSSR count). The number of benzene rings is 1. The van der Waals surface area contributed by atoms with Crippen LogP contribution in [-0.2, 0) is 21.2 Å². The molecule has 1 aromatic carbocycles. The number of hydrogen-bond donors (Lipinski definition) is 3. The molecule has 128 valence electrons. The number of nitrogens with one attached hydrogen (secondary N) is 1. The molecule has 1 fully saturated rings. The Morgan fingerprint density at radius 3 is 2.65 bits per heavy atom. The van der Waals surface area contributed by atoms with Crippen molar-refractivity contribution in [3.63, 3.8) is 0 Å². The molecule has 1 aliphatic rings. The van der Waals surface area contributed by atoms with E-state index in [1.54, 1.807) is 12.1 Å². The molecule has 2 atom stereocenters. The van der Waals surface area contributed by atoms with Crippen LogP contribution in [0.3, 0.4) is 0 Å². The van der Waals surface area contributed by atoms with Gasteiger partial charge in [0.15, 0.2) is 0 Å². The standard InChI is InChI=1S/C16H25N3O3S/c1-3-11-7-8-12(10-14(11)23(18,21)22)19-15(20)13-6-4-5-9-16(13,2)17/h7-8,10,13H,3-6,9,17H2,1-2H3,(H,19,20)(H2,18,21,22). The number of amides is 1. The monoisotopic (exact) mass is 339 g/mol. The maximum absolute atomic E-state index is 12.5. The van der Waals surface area contributed by atoms with Crippen LogP contribution in [0.1, 0.15) is 45.1 Å². The Morgan fingerprint density at radius 1 is 1.39 bits per heavy atom. The first-order valence-corrected chi connectivity index (χ1v) is 9.45. The van der Waals surface area contributed by atoms with Crippen molar-refractivity contribution in [3.05, 3.63) is 23.8 Å². The molecule has 0 bridgehead atoms. The number of nitrogens with two attached hydrogens (primary N) is 2. The van der Waals surface area contributed by atoms with Crippen molar-refractivity contribution >= 4 is 21.6 Å². The third-order valence-corrected chi connectivity index (χ3v) is 5.59. The first kappa shape index (κ1) is 17.9. The second-order valence-corrected chi connectivity index (χ2v) is 8.04. The van der Waals surface area contributed by atoms with Gasteiger partial charge in [0, 0.05) is 11.2 Å². The molecule has 0 radical (unpaired) electrons. The van der Waals surface area contributed by atoms with Crippen molar-refractivity contribution in [2.45, 2.75) is 56.4 Å². The number of rotatable bonds is 4. The van der Waals surface area contributed by atoms with Crippen LogP contribution in [0.25, 0.3) is 0 Å². The van der Waals surface area contributed by atoms with Gasteiger partial charge in [-0.15, -0.1) is 0 Å². The molecular formula is C16H25N3O3S. The van der Waals surface area contributed by atoms with Crippen LogP contribution >= 0.6 is 0 Å². The SMILES string of the molecule is CCc1ccc(NC(=O)C2CCCCC2(C)N)cc1S(N)(=O)=O. The second-order valence-electron chi connectivity index (χ2n) is 6.51. The quantitative estimate of drug-likeness (QED) is 0.775. The Balaban J connectivity index is 2.25. The summed E-state index contributed by atoms with van der Waals surface area (Å²) in [6.45, 7) is 3.75. The van der Waals surface area contributed by atoms with Crippen molar-refractivity contribution < 1.29 is 13.2 Å². The summed E-state index contributed by atoms with van der Waals surface area (Å²) in [6.07, 6.45) is 4.10. The molecule has 0 saturated heterocycles. The molecule has 1 amide bonds. The number of hydrogen-bond acceptors (Lipinski definition) is 4. The fourth-order valence-electron chi connectivity index (χ4n) is 3.21. The number of anilines is 1. The highest BCUT2D eigenvalue weighted by atomic mass is 32.2. The molecule has 0 spiro atoms. The van der Waals surface area contributed by atoms with E-state index < -0.39 is 15.6 Å². The molecule has 0 aromatic heterocycles. The normalized spacial score (nSPS) is 25.1. The number of carbonyl (C=O) groups is 1. The van der Waals surface area contributed by atoms with E-state index >= 15 is 0 Å². The van der Waals surface area contributed by atoms with Crippen LogP contribution < -0.4 is 16.2 Å². The molecule has 23 heavy (non-hydrogen) atoms. The van der Waals surface area contributed by atoms with E-state index in [1.807, 2.05) is 13.8 Å². The molecule has 1 saturated carbocycles. The lowest BCUT2D eigenvalue weighted by Gasteiger charge is -2.37. The van der Waals surface area contributed by atoms with Gasteiger partial charge in [0.1, 0.15) is 0 Å². The Labute approximate surface area is 137 Å². The summed E-state index contributed by atoms with van der Waals surface area (Å²) in [5, 5.41) is 8.05. The summed E-state index contributed by atoms with van der Waals surface area (Å²) in [6, 6.07) is 4.79. The summed E-state index contributed by atoms with van der Waals surface area (Å²) < 4.78 is 23.4. The molecular weight excluding hydrogens is 314 g/mol. The van der Waals surface area contributed by atoms with E-state index in [0.29, 0.717) is 17.7 Å². The largest absolute Gasteiger partial charge is 0.326 e. The minimum absolute atomic E-state index is 0.0527. The highest BCUT2D eigenvalue weighted by molar-refractivity contribution is 7.89. The minimum atomic E-state index is -3.83. The number of aryl methyl sites for hydroxylation is 1. The van der Waals surface area contributed by atoms with Crippen molar-refractivity contribution in [1.29, 1.82) is 0 Å². The van der Waals surface area contributed by atoms with Gasteiger partial charge < -0.3 is 11.1 Å². The van der Waals surface area contributed by atoms with Gasteiger partial charge in [0.2, 0.25) is 15.9 Å². The van der Waals surface area contributed by atoms with Gasteiger partial charge in [-0.3, -0.25) is 4.79 Å². The van der Waals surface area contributed by atoms with Crippen LogP contribution in [0.5, 0.6) is 0 Å². The van der Waals surface area contributed by atoms with E-state index in [-0.39, 0.29) is 16.7 Å². The zero-order valence-electron chi connectivity index (χ0n) is 13.6. The minimum Gasteiger partial charge on any atom is -0.326 e. The van der Waals surface area contributed by atoms with Gasteiger partial charge in [-0.25, -0.2) is 13.6 Å². The summed E-state index contributed by atoms with van der Waals surface area (Å²) in [7, 11) is -3.83. The first-order chi connectivity index (χ1) is 10.6. The van der Waals surface area contributed by atoms with E-state index in [2.05, 4.69) is 5.32 Å². The summed E-state index contributed by atoms with van der Waals surface area (Å²) >= 11 is 0. The molecule has 5 N–H and O–H groups in total. The van der Waals surface area contributed by atoms with Gasteiger partial charge in [0.05, 0.1) is 10.8 Å². The molecule has 0 heterocycles. The smallest absolute Gasteiger partial charge is 0.238 e. The zero-order valence-corrected chi connectivity index (χ0v) is 14.4. The van der Waals surface area contributed by atoms with Gasteiger partial charge in [-0.1, -0.05) is 25.8 Å². The number of carbonyl (C=O) groups excluding carboxylic acids is 1. The summed E-state index contributed by atoms with van der Waals surface area (Å²) in [5.74, 6) is -0.445. The Kier molecular flexibility index (Phi) is 5.13. The van der Waals surface area contributed by atoms with Crippen molar-refractivity contribution in [2.75, 3.05) is 5.32 Å². The fourth-order valence-corrected chi connectivity index (χ4v) is 4.08. The predicted molar refractivity (Wildman–Crippen MR) is 90.4 cm³/mol. The highest BCUT2D eigenvalue weighted by Gasteiger charge is 2.37. The number of sulfonamides is 1. The van der Waals surface area contributed by atoms with E-state index in [1.165, 1.54) is 6.07 Å². The Bertz CT molecular complexity index is 699. The van der Waals surface area contributed by atoms with E-state index in [0.717, 1.165) is 25.7 Å². The third kappa shape index (κ3) is 4.10. The van der Waals surface area contributed by atoms with Crippen molar-refractivity contribution in [2.24, 2.45) is 16.8 Å². The van der Waals surface area contributed by atoms with Crippen molar-refractivity contribution in [1.82, 2.24) is 0 Å². The molecule has 1 aliphatic carbocycles. The predicted octanol–water partition coefficient (Wildman–Crippen LogP) is 1.74. The lowest BCUT2D eigenvalue weighted by molar-refractivity contribution is -0.122. The van der Waals surface area contributed by atoms with E-state index in [4.69, 9.17) is 10.9 Å². The van der Waals surface area contributed by atoms with E-state index in [9.17, 15) is 13.2 Å². The molecule has 7 heteroatoms. The van der Waals surface area contributed by atoms with Crippen LogP contribution in [0.4, 0.5) is 5.69 Å². The van der Waals surface area contributed by atoms with Gasteiger partial charge in [-0.2, -0.15) is 0 Å². The maximum Gasteiger partial charge on any atom is 0.238 e. The first-order valence-electron chi connectivity index (χ1n) is 7.90. The fraction of sp³-hybridized carbons (Fsp3) is 0.562. The van der Waals surface area contributed by atoms with Crippen LogP contribution in [0, 0.1) is 5.92 Å². The molecule has 1 aromatic rings. The van der Waals surface area contributed by atoms with Gasteiger partial charge >= 0.3 is 0 Å². The topological polar surface area (TPSA) is 115 Å². The maximum atomic E-state index is 12.5. The van der Waals surface area contributed by atoms with Gasteiger partial charge in [-0.05, 0) is 43.9 Å². The van der Waals surface area contributed by atoms with Crippen molar-refractivity contribution in [3.8, 4) is 0 Å². The second kappa shape index (κ2) is 6.59. The summed E-state index contributed by atoms with van der Waals surface area (Å²) in [4.78, 5) is 12.6. The average Bonchev–Trinajstić information content (AvgIpc) is 2.45.